The van der Waals surface area contributed by atoms with E-state index in [2.05, 4.69) is 5.32 Å². The molecule has 0 aliphatic rings. The van der Waals surface area contributed by atoms with Crippen LogP contribution in [0.5, 0.6) is 0 Å². The van der Waals surface area contributed by atoms with Crippen LogP contribution in [-0.4, -0.2) is 43.2 Å². The molecule has 5 nitrogen and oxygen atoms in total. The highest BCUT2D eigenvalue weighted by molar-refractivity contribution is 6.35. The van der Waals surface area contributed by atoms with E-state index >= 15 is 0 Å². The van der Waals surface area contributed by atoms with Crippen LogP contribution in [0.25, 0.3) is 0 Å². The van der Waals surface area contributed by atoms with E-state index in [1.165, 1.54) is 25.2 Å². The van der Waals surface area contributed by atoms with Gasteiger partial charge in [0.25, 0.3) is 0 Å². The monoisotopic (exact) mass is 357 g/mol. The van der Waals surface area contributed by atoms with Gasteiger partial charge in [0.2, 0.25) is 5.91 Å². The second-order valence-corrected chi connectivity index (χ2v) is 5.15. The fourth-order valence-electron chi connectivity index (χ4n) is 1.35. The average Bonchev–Trinajstić information content (AvgIpc) is 2.39. The van der Waals surface area contributed by atoms with Gasteiger partial charge in [-0.2, -0.15) is 13.2 Å². The van der Waals surface area contributed by atoms with E-state index in [4.69, 9.17) is 23.2 Å². The Hall–Kier alpha value is -1.67. The van der Waals surface area contributed by atoms with Crippen LogP contribution in [0.15, 0.2) is 18.2 Å². The summed E-state index contributed by atoms with van der Waals surface area (Å²) in [6, 6.07) is 3.68. The Morgan fingerprint density at radius 1 is 1.27 bits per heavy atom. The van der Waals surface area contributed by atoms with E-state index in [-0.39, 0.29) is 10.7 Å². The normalized spacial score (nSPS) is 11.0. The summed E-state index contributed by atoms with van der Waals surface area (Å²) in [5.41, 5.74) is 0.224. The summed E-state index contributed by atoms with van der Waals surface area (Å²) >= 11 is 11.6. The lowest BCUT2D eigenvalue weighted by Gasteiger charge is -2.18. The summed E-state index contributed by atoms with van der Waals surface area (Å²) in [5, 5.41) is 4.62. The Morgan fingerprint density at radius 3 is 2.50 bits per heavy atom. The van der Waals surface area contributed by atoms with Crippen LogP contribution in [0.3, 0.4) is 0 Å². The fraction of sp³-hybridized carbons (Fsp3) is 0.333. The zero-order chi connectivity index (χ0) is 16.9. The molecule has 0 saturated carbocycles. The highest BCUT2D eigenvalue weighted by atomic mass is 35.5. The summed E-state index contributed by atoms with van der Waals surface area (Å²) in [5.74, 6) is -0.938. The maximum atomic E-state index is 11.9. The Bertz CT molecular complexity index is 567. The smallest absolute Gasteiger partial charge is 0.345 e. The first-order valence-corrected chi connectivity index (χ1v) is 6.64. The first-order chi connectivity index (χ1) is 10.1. The van der Waals surface area contributed by atoms with E-state index < -0.39 is 31.2 Å². The highest BCUT2D eigenvalue weighted by Gasteiger charge is 2.28. The number of rotatable bonds is 4. The third-order valence-corrected chi connectivity index (χ3v) is 2.95. The fourth-order valence-corrected chi connectivity index (χ4v) is 1.68. The van der Waals surface area contributed by atoms with E-state index in [1.807, 2.05) is 0 Å². The minimum Gasteiger partial charge on any atom is -0.345 e. The molecular weight excluding hydrogens is 346 g/mol. The zero-order valence-electron chi connectivity index (χ0n) is 11.3. The number of halogens is 5. The molecule has 0 fully saturated rings. The van der Waals surface area contributed by atoms with Gasteiger partial charge in [0.1, 0.15) is 13.1 Å². The summed E-state index contributed by atoms with van der Waals surface area (Å²) < 4.78 is 35.8. The maximum Gasteiger partial charge on any atom is 0.405 e. The van der Waals surface area contributed by atoms with E-state index in [1.54, 1.807) is 5.32 Å². The predicted molar refractivity (Wildman–Crippen MR) is 77.2 cm³/mol. The summed E-state index contributed by atoms with van der Waals surface area (Å²) in [6.45, 7) is -2.00. The van der Waals surface area contributed by atoms with Gasteiger partial charge in [-0.1, -0.05) is 23.2 Å². The van der Waals surface area contributed by atoms with Gasteiger partial charge in [0.05, 0.1) is 10.7 Å². The number of carbonyl (C=O) groups is 2. The van der Waals surface area contributed by atoms with Crippen molar-refractivity contribution in [1.82, 2.24) is 10.2 Å². The minimum atomic E-state index is -4.51. The van der Waals surface area contributed by atoms with Gasteiger partial charge < -0.3 is 15.5 Å². The van der Waals surface area contributed by atoms with Crippen molar-refractivity contribution in [1.29, 1.82) is 0 Å². The lowest BCUT2D eigenvalue weighted by Crippen LogP contribution is -2.43. The van der Waals surface area contributed by atoms with Gasteiger partial charge in [0.15, 0.2) is 0 Å². The summed E-state index contributed by atoms with van der Waals surface area (Å²) in [4.78, 5) is 24.0. The van der Waals surface area contributed by atoms with Crippen molar-refractivity contribution in [2.75, 3.05) is 25.5 Å². The van der Waals surface area contributed by atoms with Gasteiger partial charge >= 0.3 is 12.2 Å². The standard InChI is InChI=1S/C12H12Cl2F3N3O2/c1-20(5-10(21)18-6-12(15,16)17)11(22)19-9-4-7(13)2-3-8(9)14/h2-4H,5-6H2,1H3,(H,18,21)(H,19,22). The quantitative estimate of drug-likeness (QED) is 0.869. The molecule has 10 heteroatoms. The third-order valence-electron chi connectivity index (χ3n) is 2.38. The van der Waals surface area contributed by atoms with Crippen LogP contribution in [0.1, 0.15) is 0 Å². The first-order valence-electron chi connectivity index (χ1n) is 5.89. The van der Waals surface area contributed by atoms with Gasteiger partial charge in [-0.25, -0.2) is 4.79 Å². The Morgan fingerprint density at radius 2 is 1.91 bits per heavy atom. The Kier molecular flexibility index (Phi) is 6.31. The molecule has 2 N–H and O–H groups in total. The van der Waals surface area contributed by atoms with Crippen LogP contribution in [0, 0.1) is 0 Å². The number of benzene rings is 1. The Balaban J connectivity index is 2.55. The molecule has 0 spiro atoms. The van der Waals surface area contributed by atoms with Crippen molar-refractivity contribution in [3.63, 3.8) is 0 Å². The number of hydrogen-bond acceptors (Lipinski definition) is 2. The van der Waals surface area contributed by atoms with Gasteiger partial charge in [-0.15, -0.1) is 0 Å². The van der Waals surface area contributed by atoms with E-state index in [0.717, 1.165) is 4.90 Å². The van der Waals surface area contributed by atoms with Crippen LogP contribution < -0.4 is 10.6 Å². The van der Waals surface area contributed by atoms with Crippen LogP contribution >= 0.6 is 23.2 Å². The number of anilines is 1. The van der Waals surface area contributed by atoms with Crippen molar-refractivity contribution in [3.05, 3.63) is 28.2 Å². The van der Waals surface area contributed by atoms with Crippen LogP contribution in [0.2, 0.25) is 10.0 Å². The summed E-state index contributed by atoms with van der Waals surface area (Å²) in [7, 11) is 1.25. The number of urea groups is 1. The molecule has 0 aliphatic heterocycles. The molecule has 0 aromatic heterocycles. The molecule has 0 radical (unpaired) electrons. The number of hydrogen-bond donors (Lipinski definition) is 2. The highest BCUT2D eigenvalue weighted by Crippen LogP contribution is 2.25. The van der Waals surface area contributed by atoms with E-state index in [9.17, 15) is 22.8 Å². The molecule has 0 atom stereocenters. The van der Waals surface area contributed by atoms with E-state index in [0.29, 0.717) is 5.02 Å². The zero-order valence-corrected chi connectivity index (χ0v) is 12.8. The first kappa shape index (κ1) is 18.4. The SMILES string of the molecule is CN(CC(=O)NCC(F)(F)F)C(=O)Nc1cc(Cl)ccc1Cl. The number of carbonyl (C=O) groups excluding carboxylic acids is 2. The van der Waals surface area contributed by atoms with Gasteiger partial charge in [-0.05, 0) is 18.2 Å². The van der Waals surface area contributed by atoms with Crippen molar-refractivity contribution in [2.24, 2.45) is 0 Å². The Labute approximate surface area is 134 Å². The number of likely N-dealkylation sites (N-methyl/N-ethyl adjacent to an activating group) is 1. The topological polar surface area (TPSA) is 61.4 Å². The molecule has 0 saturated heterocycles. The molecule has 22 heavy (non-hydrogen) atoms. The van der Waals surface area contributed by atoms with Crippen molar-refractivity contribution >= 4 is 40.8 Å². The largest absolute Gasteiger partial charge is 0.405 e. The molecule has 0 heterocycles. The molecule has 122 valence electrons. The molecule has 1 aromatic carbocycles. The number of amides is 3. The lowest BCUT2D eigenvalue weighted by atomic mass is 10.3. The van der Waals surface area contributed by atoms with Gasteiger partial charge in [-0.3, -0.25) is 4.79 Å². The molecule has 1 aromatic rings. The molecule has 3 amide bonds. The van der Waals surface area contributed by atoms with Crippen molar-refractivity contribution in [2.45, 2.75) is 6.18 Å². The summed E-state index contributed by atoms with van der Waals surface area (Å²) in [6.07, 6.45) is -4.51. The molecule has 0 bridgehead atoms. The number of nitrogens with zero attached hydrogens (tertiary/aromatic N) is 1. The molecular formula is C12H12Cl2F3N3O2. The second kappa shape index (κ2) is 7.55. The predicted octanol–water partition coefficient (Wildman–Crippen LogP) is 3.14. The molecule has 1 rings (SSSR count). The second-order valence-electron chi connectivity index (χ2n) is 4.30. The van der Waals surface area contributed by atoms with Gasteiger partial charge in [0, 0.05) is 12.1 Å². The van der Waals surface area contributed by atoms with Crippen molar-refractivity contribution < 1.29 is 22.8 Å². The minimum absolute atomic E-state index is 0.224. The third kappa shape index (κ3) is 6.40. The average molecular weight is 358 g/mol. The lowest BCUT2D eigenvalue weighted by molar-refractivity contribution is -0.138. The molecule has 0 aliphatic carbocycles. The number of nitrogens with one attached hydrogen (secondary N) is 2. The van der Waals surface area contributed by atoms with Crippen LogP contribution in [0.4, 0.5) is 23.7 Å². The molecule has 0 unspecified atom stereocenters. The maximum absolute atomic E-state index is 11.9. The number of alkyl halides is 3. The van der Waals surface area contributed by atoms with Crippen molar-refractivity contribution in [3.8, 4) is 0 Å². The van der Waals surface area contributed by atoms with Crippen LogP contribution in [-0.2, 0) is 4.79 Å².